The molecule has 6 heteroatoms. The number of hydrogen-bond acceptors (Lipinski definition) is 2. The Labute approximate surface area is 103 Å². The van der Waals surface area contributed by atoms with Crippen LogP contribution in [0.4, 0.5) is 16.4 Å². The van der Waals surface area contributed by atoms with Crippen molar-refractivity contribution in [1.82, 2.24) is 9.97 Å². The minimum atomic E-state index is -0.392. The summed E-state index contributed by atoms with van der Waals surface area (Å²) in [6, 6.07) is 5.02. The molecule has 0 aliphatic rings. The maximum absolute atomic E-state index is 11.6. The first-order valence-electron chi connectivity index (χ1n) is 4.99. The van der Waals surface area contributed by atoms with Crippen LogP contribution in [0.5, 0.6) is 0 Å². The highest BCUT2D eigenvalue weighted by Gasteiger charge is 2.08. The molecule has 0 unspecified atom stereocenters. The predicted molar refractivity (Wildman–Crippen MR) is 67.4 cm³/mol. The van der Waals surface area contributed by atoms with Gasteiger partial charge in [-0.15, -0.1) is 0 Å². The van der Waals surface area contributed by atoms with E-state index in [1.54, 1.807) is 18.5 Å². The molecule has 3 N–H and O–H groups in total. The van der Waals surface area contributed by atoms with Crippen LogP contribution in [-0.4, -0.2) is 16.0 Å². The Morgan fingerprint density at radius 2 is 2.24 bits per heavy atom. The van der Waals surface area contributed by atoms with E-state index >= 15 is 0 Å². The summed E-state index contributed by atoms with van der Waals surface area (Å²) in [5.74, 6) is 0.382. The first-order chi connectivity index (χ1) is 8.16. The predicted octanol–water partition coefficient (Wildman–Crippen LogP) is 3.02. The lowest BCUT2D eigenvalue weighted by Gasteiger charge is -2.10. The number of imidazole rings is 1. The summed E-state index contributed by atoms with van der Waals surface area (Å²) in [5, 5.41) is 5.72. The summed E-state index contributed by atoms with van der Waals surface area (Å²) in [6.07, 6.45) is 3.17. The molecule has 0 saturated heterocycles. The minimum absolute atomic E-state index is 0.382. The van der Waals surface area contributed by atoms with Gasteiger partial charge in [0.2, 0.25) is 5.95 Å². The molecule has 2 rings (SSSR count). The Hall–Kier alpha value is -2.01. The molecule has 17 heavy (non-hydrogen) atoms. The number of carbonyl (C=O) groups is 1. The number of nitrogens with one attached hydrogen (secondary N) is 3. The maximum atomic E-state index is 11.6. The number of H-pyrrole nitrogens is 1. The van der Waals surface area contributed by atoms with Gasteiger partial charge in [-0.3, -0.25) is 5.32 Å². The third-order valence-corrected chi connectivity index (χ3v) is 2.51. The van der Waals surface area contributed by atoms with Crippen LogP contribution in [0.2, 0.25) is 5.02 Å². The minimum Gasteiger partial charge on any atom is -0.331 e. The number of rotatable bonds is 2. The molecule has 1 heterocycles. The smallest absolute Gasteiger partial charge is 0.326 e. The van der Waals surface area contributed by atoms with Gasteiger partial charge < -0.3 is 10.3 Å². The van der Waals surface area contributed by atoms with E-state index in [2.05, 4.69) is 20.6 Å². The van der Waals surface area contributed by atoms with Crippen LogP contribution in [0.1, 0.15) is 5.56 Å². The van der Waals surface area contributed by atoms with E-state index in [-0.39, 0.29) is 0 Å². The summed E-state index contributed by atoms with van der Waals surface area (Å²) in [7, 11) is 0. The van der Waals surface area contributed by atoms with E-state index in [0.29, 0.717) is 16.7 Å². The third kappa shape index (κ3) is 2.76. The lowest BCUT2D eigenvalue weighted by atomic mass is 10.2. The van der Waals surface area contributed by atoms with Crippen LogP contribution in [-0.2, 0) is 0 Å². The van der Waals surface area contributed by atoms with Crippen molar-refractivity contribution in [1.29, 1.82) is 0 Å². The maximum Gasteiger partial charge on any atom is 0.326 e. The molecule has 2 aromatic rings. The molecule has 0 aliphatic heterocycles. The fraction of sp³-hybridized carbons (Fsp3) is 0.0909. The van der Waals surface area contributed by atoms with Crippen LogP contribution in [0.15, 0.2) is 30.6 Å². The number of carbonyl (C=O) groups excluding carboxylic acids is 1. The van der Waals surface area contributed by atoms with Crippen LogP contribution in [0.25, 0.3) is 0 Å². The molecular weight excluding hydrogens is 240 g/mol. The molecule has 0 bridgehead atoms. The number of nitrogens with zero attached hydrogens (tertiary/aromatic N) is 1. The number of urea groups is 1. The van der Waals surface area contributed by atoms with Gasteiger partial charge in [-0.05, 0) is 18.6 Å². The van der Waals surface area contributed by atoms with E-state index < -0.39 is 6.03 Å². The Balaban J connectivity index is 2.08. The lowest BCUT2D eigenvalue weighted by molar-refractivity contribution is 0.262. The number of benzene rings is 1. The first-order valence-corrected chi connectivity index (χ1v) is 5.37. The second kappa shape index (κ2) is 4.88. The van der Waals surface area contributed by atoms with Gasteiger partial charge in [-0.1, -0.05) is 23.7 Å². The Morgan fingerprint density at radius 3 is 2.88 bits per heavy atom. The molecule has 2 amide bonds. The van der Waals surface area contributed by atoms with Crippen LogP contribution in [0, 0.1) is 6.92 Å². The van der Waals surface area contributed by atoms with E-state index in [1.165, 1.54) is 0 Å². The van der Waals surface area contributed by atoms with Gasteiger partial charge in [-0.25, -0.2) is 9.78 Å². The summed E-state index contributed by atoms with van der Waals surface area (Å²) >= 11 is 5.99. The van der Waals surface area contributed by atoms with Gasteiger partial charge >= 0.3 is 6.03 Å². The summed E-state index contributed by atoms with van der Waals surface area (Å²) in [4.78, 5) is 18.3. The standard InChI is InChI=1S/C11H11ClN4O/c1-7-3-2-4-8(12)9(7)15-11(17)16-10-13-5-6-14-10/h2-6H,1H3,(H3,13,14,15,16,17). The highest BCUT2D eigenvalue weighted by Crippen LogP contribution is 2.25. The van der Waals surface area contributed by atoms with E-state index in [0.717, 1.165) is 5.56 Å². The van der Waals surface area contributed by atoms with Gasteiger partial charge in [0.25, 0.3) is 0 Å². The molecule has 0 saturated carbocycles. The SMILES string of the molecule is Cc1cccc(Cl)c1NC(=O)Nc1ncc[nH]1. The van der Waals surface area contributed by atoms with Crippen molar-refractivity contribution in [2.45, 2.75) is 6.92 Å². The molecule has 5 nitrogen and oxygen atoms in total. The zero-order chi connectivity index (χ0) is 12.3. The van der Waals surface area contributed by atoms with Gasteiger partial charge in [0.05, 0.1) is 10.7 Å². The number of halogens is 1. The molecule has 88 valence electrons. The summed E-state index contributed by atoms with van der Waals surface area (Å²) in [5.41, 5.74) is 1.49. The van der Waals surface area contributed by atoms with Crippen molar-refractivity contribution in [2.24, 2.45) is 0 Å². The van der Waals surface area contributed by atoms with Gasteiger partial charge in [-0.2, -0.15) is 0 Å². The Bertz CT molecular complexity index is 504. The number of hydrogen-bond donors (Lipinski definition) is 3. The quantitative estimate of drug-likeness (QED) is 0.767. The van der Waals surface area contributed by atoms with Crippen molar-refractivity contribution < 1.29 is 4.79 Å². The van der Waals surface area contributed by atoms with Crippen LogP contribution >= 0.6 is 11.6 Å². The second-order valence-corrected chi connectivity index (χ2v) is 3.86. The molecule has 1 aromatic heterocycles. The zero-order valence-corrected chi connectivity index (χ0v) is 9.88. The van der Waals surface area contributed by atoms with Crippen molar-refractivity contribution in [3.05, 3.63) is 41.2 Å². The van der Waals surface area contributed by atoms with Crippen LogP contribution < -0.4 is 10.6 Å². The van der Waals surface area contributed by atoms with Gasteiger partial charge in [0, 0.05) is 12.4 Å². The first kappa shape index (κ1) is 11.5. The highest BCUT2D eigenvalue weighted by atomic mass is 35.5. The molecule has 0 radical (unpaired) electrons. The highest BCUT2D eigenvalue weighted by molar-refractivity contribution is 6.34. The fourth-order valence-electron chi connectivity index (χ4n) is 1.38. The topological polar surface area (TPSA) is 69.8 Å². The molecule has 1 aromatic carbocycles. The normalized spacial score (nSPS) is 10.0. The van der Waals surface area contributed by atoms with Gasteiger partial charge in [0.15, 0.2) is 0 Å². The number of aromatic nitrogens is 2. The molecule has 0 atom stereocenters. The van der Waals surface area contributed by atoms with Crippen molar-refractivity contribution >= 4 is 29.3 Å². The van der Waals surface area contributed by atoms with Crippen molar-refractivity contribution in [3.8, 4) is 0 Å². The molecular formula is C11H11ClN4O. The molecule has 0 fully saturated rings. The Kier molecular flexibility index (Phi) is 3.30. The Morgan fingerprint density at radius 1 is 1.41 bits per heavy atom. The summed E-state index contributed by atoms with van der Waals surface area (Å²) < 4.78 is 0. The van der Waals surface area contributed by atoms with E-state index in [1.807, 2.05) is 19.1 Å². The fourth-order valence-corrected chi connectivity index (χ4v) is 1.65. The van der Waals surface area contributed by atoms with Gasteiger partial charge in [0.1, 0.15) is 0 Å². The van der Waals surface area contributed by atoms with Crippen molar-refractivity contribution in [2.75, 3.05) is 10.6 Å². The number of amides is 2. The lowest BCUT2D eigenvalue weighted by Crippen LogP contribution is -2.20. The van der Waals surface area contributed by atoms with Crippen molar-refractivity contribution in [3.63, 3.8) is 0 Å². The number of anilines is 2. The third-order valence-electron chi connectivity index (χ3n) is 2.19. The monoisotopic (exact) mass is 250 g/mol. The number of aromatic amines is 1. The van der Waals surface area contributed by atoms with Crippen LogP contribution in [0.3, 0.4) is 0 Å². The average Bonchev–Trinajstić information content (AvgIpc) is 2.76. The summed E-state index contributed by atoms with van der Waals surface area (Å²) in [6.45, 7) is 1.87. The van der Waals surface area contributed by atoms with E-state index in [4.69, 9.17) is 11.6 Å². The molecule has 0 aliphatic carbocycles. The zero-order valence-electron chi connectivity index (χ0n) is 9.12. The second-order valence-electron chi connectivity index (χ2n) is 3.45. The number of para-hydroxylation sites is 1. The number of aryl methyl sites for hydroxylation is 1. The molecule has 0 spiro atoms. The largest absolute Gasteiger partial charge is 0.331 e. The average molecular weight is 251 g/mol. The van der Waals surface area contributed by atoms with E-state index in [9.17, 15) is 4.79 Å².